The van der Waals surface area contributed by atoms with Gasteiger partial charge in [-0.25, -0.2) is 9.97 Å². The first-order valence-corrected chi connectivity index (χ1v) is 8.05. The van der Waals surface area contributed by atoms with Crippen molar-refractivity contribution in [2.75, 3.05) is 18.5 Å². The maximum atomic E-state index is 5.93. The normalized spacial score (nSPS) is 14.9. The molecule has 4 heteroatoms. The highest BCUT2D eigenvalue weighted by Gasteiger charge is 2.18. The first-order chi connectivity index (χ1) is 9.85. The lowest BCUT2D eigenvalue weighted by molar-refractivity contribution is 0.216. The number of ether oxygens (including phenoxy) is 1. The Labute approximate surface area is 122 Å². The third kappa shape index (κ3) is 4.09. The summed E-state index contributed by atoms with van der Waals surface area (Å²) in [5, 5.41) is 3.38. The molecular formula is C16H27N3O. The molecule has 0 spiro atoms. The molecule has 1 aliphatic carbocycles. The van der Waals surface area contributed by atoms with Gasteiger partial charge in [0.1, 0.15) is 12.1 Å². The van der Waals surface area contributed by atoms with Crippen LogP contribution >= 0.6 is 0 Å². The van der Waals surface area contributed by atoms with Crippen LogP contribution in [0.25, 0.3) is 0 Å². The van der Waals surface area contributed by atoms with Gasteiger partial charge >= 0.3 is 0 Å². The molecule has 112 valence electrons. The monoisotopic (exact) mass is 277 g/mol. The maximum absolute atomic E-state index is 5.93. The van der Waals surface area contributed by atoms with E-state index in [0.29, 0.717) is 0 Å². The van der Waals surface area contributed by atoms with Crippen molar-refractivity contribution < 1.29 is 4.74 Å². The van der Waals surface area contributed by atoms with Crippen LogP contribution in [-0.2, 0) is 6.42 Å². The maximum Gasteiger partial charge on any atom is 0.221 e. The Bertz CT molecular complexity index is 405. The van der Waals surface area contributed by atoms with Crippen molar-refractivity contribution in [3.8, 4) is 5.88 Å². The van der Waals surface area contributed by atoms with Gasteiger partial charge in [0.2, 0.25) is 5.88 Å². The van der Waals surface area contributed by atoms with Crippen LogP contribution in [0.15, 0.2) is 6.33 Å². The third-order valence-electron chi connectivity index (χ3n) is 3.94. The summed E-state index contributed by atoms with van der Waals surface area (Å²) in [6, 6.07) is 0. The molecule has 0 amide bonds. The zero-order valence-electron chi connectivity index (χ0n) is 12.8. The van der Waals surface area contributed by atoms with Crippen molar-refractivity contribution in [2.45, 2.75) is 58.8 Å². The molecule has 20 heavy (non-hydrogen) atoms. The van der Waals surface area contributed by atoms with E-state index in [1.807, 2.05) is 0 Å². The van der Waals surface area contributed by atoms with Crippen molar-refractivity contribution in [3.63, 3.8) is 0 Å². The van der Waals surface area contributed by atoms with Gasteiger partial charge in [0.15, 0.2) is 0 Å². The predicted molar refractivity (Wildman–Crippen MR) is 82.3 cm³/mol. The second-order valence-corrected chi connectivity index (χ2v) is 5.62. The lowest BCUT2D eigenvalue weighted by Gasteiger charge is -2.25. The quantitative estimate of drug-likeness (QED) is 0.745. The number of anilines is 1. The number of nitrogens with one attached hydrogen (secondary N) is 1. The molecule has 0 aromatic carbocycles. The van der Waals surface area contributed by atoms with Crippen LogP contribution in [0, 0.1) is 5.92 Å². The molecule has 2 rings (SSSR count). The average Bonchev–Trinajstić information content (AvgIpc) is 2.41. The van der Waals surface area contributed by atoms with Gasteiger partial charge in [0.05, 0.1) is 12.2 Å². The summed E-state index contributed by atoms with van der Waals surface area (Å²) in [5.74, 6) is 2.60. The Morgan fingerprint density at radius 2 is 2.10 bits per heavy atom. The topological polar surface area (TPSA) is 47.0 Å². The average molecular weight is 277 g/mol. The van der Waals surface area contributed by atoms with Crippen LogP contribution in [0.4, 0.5) is 5.82 Å². The van der Waals surface area contributed by atoms with Crippen LogP contribution in [0.2, 0.25) is 0 Å². The van der Waals surface area contributed by atoms with Gasteiger partial charge in [-0.15, -0.1) is 0 Å². The number of aromatic nitrogens is 2. The predicted octanol–water partition coefficient (Wildman–Crippen LogP) is 3.82. The molecule has 1 N–H and O–H groups in total. The fraction of sp³-hybridized carbons (Fsp3) is 0.750. The molecule has 1 aliphatic rings. The van der Waals surface area contributed by atoms with Crippen molar-refractivity contribution in [2.24, 2.45) is 5.92 Å². The largest absolute Gasteiger partial charge is 0.477 e. The lowest BCUT2D eigenvalue weighted by Crippen LogP contribution is -2.15. The SMILES string of the molecule is CCCNc1ncnc(OCCC2CCC2)c1CCC. The Balaban J connectivity index is 1.96. The summed E-state index contributed by atoms with van der Waals surface area (Å²) in [6.07, 6.45) is 10.0. The van der Waals surface area contributed by atoms with Gasteiger partial charge in [0.25, 0.3) is 0 Å². The highest BCUT2D eigenvalue weighted by molar-refractivity contribution is 5.48. The molecule has 1 heterocycles. The van der Waals surface area contributed by atoms with Crippen LogP contribution in [0.3, 0.4) is 0 Å². The summed E-state index contributed by atoms with van der Waals surface area (Å²) in [6.45, 7) is 6.05. The second kappa shape index (κ2) is 8.08. The van der Waals surface area contributed by atoms with E-state index in [1.54, 1.807) is 6.33 Å². The number of rotatable bonds is 9. The number of hydrogen-bond donors (Lipinski definition) is 1. The molecule has 1 fully saturated rings. The Morgan fingerprint density at radius 1 is 1.25 bits per heavy atom. The van der Waals surface area contributed by atoms with E-state index in [-0.39, 0.29) is 0 Å². The molecule has 0 radical (unpaired) electrons. The van der Waals surface area contributed by atoms with E-state index < -0.39 is 0 Å². The first-order valence-electron chi connectivity index (χ1n) is 8.05. The minimum Gasteiger partial charge on any atom is -0.477 e. The molecule has 0 atom stereocenters. The van der Waals surface area contributed by atoms with Crippen LogP contribution in [0.1, 0.15) is 57.9 Å². The van der Waals surface area contributed by atoms with Crippen molar-refractivity contribution >= 4 is 5.82 Å². The summed E-state index contributed by atoms with van der Waals surface area (Å²) in [5.41, 5.74) is 1.14. The standard InChI is InChI=1S/C16H27N3O/c1-3-6-14-15(17-10-4-2)18-12-19-16(14)20-11-9-13-7-5-8-13/h12-13H,3-11H2,1-2H3,(H,17,18,19). The lowest BCUT2D eigenvalue weighted by atomic mass is 9.83. The van der Waals surface area contributed by atoms with E-state index in [9.17, 15) is 0 Å². The fourth-order valence-electron chi connectivity index (χ4n) is 2.50. The molecule has 1 aromatic rings. The Hall–Kier alpha value is -1.32. The second-order valence-electron chi connectivity index (χ2n) is 5.62. The molecule has 0 bridgehead atoms. The highest BCUT2D eigenvalue weighted by Crippen LogP contribution is 2.30. The van der Waals surface area contributed by atoms with Gasteiger partial charge < -0.3 is 10.1 Å². The Kier molecular flexibility index (Phi) is 6.09. The third-order valence-corrected chi connectivity index (χ3v) is 3.94. The van der Waals surface area contributed by atoms with E-state index in [0.717, 1.165) is 62.0 Å². The fourth-order valence-corrected chi connectivity index (χ4v) is 2.50. The summed E-state index contributed by atoms with van der Waals surface area (Å²) < 4.78 is 5.93. The van der Waals surface area contributed by atoms with E-state index in [1.165, 1.54) is 19.3 Å². The van der Waals surface area contributed by atoms with Crippen LogP contribution < -0.4 is 10.1 Å². The zero-order chi connectivity index (χ0) is 14.2. The molecule has 4 nitrogen and oxygen atoms in total. The summed E-state index contributed by atoms with van der Waals surface area (Å²) in [4.78, 5) is 8.70. The van der Waals surface area contributed by atoms with E-state index in [2.05, 4.69) is 29.1 Å². The summed E-state index contributed by atoms with van der Waals surface area (Å²) >= 11 is 0. The molecular weight excluding hydrogens is 250 g/mol. The smallest absolute Gasteiger partial charge is 0.221 e. The van der Waals surface area contributed by atoms with Crippen molar-refractivity contribution in [1.29, 1.82) is 0 Å². The van der Waals surface area contributed by atoms with Gasteiger partial charge in [0, 0.05) is 6.54 Å². The van der Waals surface area contributed by atoms with Gasteiger partial charge in [-0.2, -0.15) is 0 Å². The van der Waals surface area contributed by atoms with Crippen LogP contribution in [-0.4, -0.2) is 23.1 Å². The van der Waals surface area contributed by atoms with Crippen molar-refractivity contribution in [1.82, 2.24) is 9.97 Å². The molecule has 1 aromatic heterocycles. The molecule has 1 saturated carbocycles. The number of nitrogens with zero attached hydrogens (tertiary/aromatic N) is 2. The molecule has 0 unspecified atom stereocenters. The Morgan fingerprint density at radius 3 is 2.75 bits per heavy atom. The number of hydrogen-bond acceptors (Lipinski definition) is 4. The van der Waals surface area contributed by atoms with E-state index >= 15 is 0 Å². The highest BCUT2D eigenvalue weighted by atomic mass is 16.5. The van der Waals surface area contributed by atoms with Gasteiger partial charge in [-0.1, -0.05) is 39.5 Å². The minimum atomic E-state index is 0.778. The van der Waals surface area contributed by atoms with Crippen molar-refractivity contribution in [3.05, 3.63) is 11.9 Å². The first kappa shape index (κ1) is 15.1. The van der Waals surface area contributed by atoms with Crippen LogP contribution in [0.5, 0.6) is 5.88 Å². The zero-order valence-corrected chi connectivity index (χ0v) is 12.8. The molecule has 0 aliphatic heterocycles. The minimum absolute atomic E-state index is 0.778. The van der Waals surface area contributed by atoms with Gasteiger partial charge in [-0.05, 0) is 25.2 Å². The summed E-state index contributed by atoms with van der Waals surface area (Å²) in [7, 11) is 0. The van der Waals surface area contributed by atoms with Gasteiger partial charge in [-0.3, -0.25) is 0 Å². The van der Waals surface area contributed by atoms with E-state index in [4.69, 9.17) is 4.74 Å². The molecule has 0 saturated heterocycles.